The topological polar surface area (TPSA) is 119 Å². The second kappa shape index (κ2) is 14.9. The molecule has 2 aromatic heterocycles. The first-order chi connectivity index (χ1) is 21.7. The zero-order chi connectivity index (χ0) is 31.9. The van der Waals surface area contributed by atoms with Crippen LogP contribution < -0.4 is 11.1 Å². The molecule has 45 heavy (non-hydrogen) atoms. The molecule has 4 N–H and O–H groups in total. The summed E-state index contributed by atoms with van der Waals surface area (Å²) >= 11 is 0. The van der Waals surface area contributed by atoms with Gasteiger partial charge in [0.25, 0.3) is 0 Å². The Morgan fingerprint density at radius 2 is 1.93 bits per heavy atom. The molecule has 1 aliphatic rings. The lowest BCUT2D eigenvalue weighted by atomic mass is 9.91. The van der Waals surface area contributed by atoms with Crippen molar-refractivity contribution >= 4 is 22.8 Å². The SMILES string of the molecule is COCCCn1c(C2CCCN(C(=O)C[C@H](N)Cc3ccc(-c4cnc(NCC(C)O)nc4)cc3)C2)c(C)c2cccc(F)c21. The number of para-hydroxylation sites is 1. The maximum absolute atomic E-state index is 15.1. The number of hydrogen-bond acceptors (Lipinski definition) is 7. The van der Waals surface area contributed by atoms with Gasteiger partial charge in [-0.15, -0.1) is 0 Å². The van der Waals surface area contributed by atoms with E-state index in [9.17, 15) is 9.90 Å². The molecule has 0 bridgehead atoms. The van der Waals surface area contributed by atoms with Crippen LogP contribution in [-0.2, 0) is 22.5 Å². The van der Waals surface area contributed by atoms with Gasteiger partial charge in [-0.1, -0.05) is 36.4 Å². The van der Waals surface area contributed by atoms with Crippen LogP contribution in [-0.4, -0.2) is 75.9 Å². The standard InChI is InChI=1S/C35H45FN6O3/c1-23(43)19-38-35-39-20-28(21-40-35)26-12-10-25(11-13-26)17-29(37)18-32(44)41-14-5-7-27(22-41)33-24(2)30-8-4-9-31(36)34(30)42(33)15-6-16-45-3/h4,8-13,20-21,23,27,29,43H,5-7,14-19,22,37H2,1-3H3,(H,38,39,40)/t23?,27?,29-/m1/s1. The van der Waals surface area contributed by atoms with E-state index in [-0.39, 0.29) is 30.1 Å². The molecule has 1 amide bonds. The molecule has 3 heterocycles. The number of fused-ring (bicyclic) bond motifs is 1. The first-order valence-electron chi connectivity index (χ1n) is 15.9. The Kier molecular flexibility index (Phi) is 10.8. The Balaban J connectivity index is 1.21. The molecule has 2 aromatic carbocycles. The van der Waals surface area contributed by atoms with Gasteiger partial charge in [-0.2, -0.15) is 0 Å². The molecule has 4 aromatic rings. The van der Waals surface area contributed by atoms with E-state index in [1.54, 1.807) is 32.5 Å². The van der Waals surface area contributed by atoms with Gasteiger partial charge in [-0.3, -0.25) is 4.79 Å². The summed E-state index contributed by atoms with van der Waals surface area (Å²) in [6.45, 7) is 6.76. The Labute approximate surface area is 264 Å². The number of aromatic nitrogens is 3. The van der Waals surface area contributed by atoms with Crippen LogP contribution in [0.5, 0.6) is 0 Å². The van der Waals surface area contributed by atoms with E-state index in [4.69, 9.17) is 10.5 Å². The number of aryl methyl sites for hydroxylation is 2. The molecular formula is C35H45FN6O3. The lowest BCUT2D eigenvalue weighted by Gasteiger charge is -2.34. The summed E-state index contributed by atoms with van der Waals surface area (Å²) in [6, 6.07) is 13.1. The highest BCUT2D eigenvalue weighted by Gasteiger charge is 2.30. The molecule has 0 radical (unpaired) electrons. The van der Waals surface area contributed by atoms with Crippen molar-refractivity contribution in [2.75, 3.05) is 38.7 Å². The van der Waals surface area contributed by atoms with Crippen LogP contribution in [0.3, 0.4) is 0 Å². The van der Waals surface area contributed by atoms with Gasteiger partial charge in [0.05, 0.1) is 11.6 Å². The number of hydrogen-bond donors (Lipinski definition) is 3. The zero-order valence-electron chi connectivity index (χ0n) is 26.5. The number of nitrogens with two attached hydrogens (primary N) is 1. The van der Waals surface area contributed by atoms with Crippen LogP contribution in [0.15, 0.2) is 54.9 Å². The van der Waals surface area contributed by atoms with Crippen molar-refractivity contribution in [3.05, 3.63) is 77.5 Å². The van der Waals surface area contributed by atoms with Gasteiger partial charge in [0, 0.05) is 87.3 Å². The lowest BCUT2D eigenvalue weighted by Crippen LogP contribution is -2.42. The second-order valence-electron chi connectivity index (χ2n) is 12.2. The Morgan fingerprint density at radius 3 is 2.64 bits per heavy atom. The van der Waals surface area contributed by atoms with Gasteiger partial charge in [0.2, 0.25) is 11.9 Å². The fraction of sp³-hybridized carbons (Fsp3) is 0.457. The van der Waals surface area contributed by atoms with Crippen LogP contribution in [0, 0.1) is 12.7 Å². The summed E-state index contributed by atoms with van der Waals surface area (Å²) in [5.41, 5.74) is 12.3. The number of anilines is 1. The van der Waals surface area contributed by atoms with Gasteiger partial charge in [0.15, 0.2) is 0 Å². The van der Waals surface area contributed by atoms with Gasteiger partial charge >= 0.3 is 0 Å². The Bertz CT molecular complexity index is 1570. The summed E-state index contributed by atoms with van der Waals surface area (Å²) < 4.78 is 22.5. The molecule has 9 nitrogen and oxygen atoms in total. The Morgan fingerprint density at radius 1 is 1.18 bits per heavy atom. The third kappa shape index (κ3) is 7.87. The van der Waals surface area contributed by atoms with Gasteiger partial charge in [-0.05, 0) is 62.3 Å². The van der Waals surface area contributed by atoms with E-state index in [1.807, 2.05) is 35.2 Å². The number of halogens is 1. The van der Waals surface area contributed by atoms with Gasteiger partial charge in [-0.25, -0.2) is 14.4 Å². The van der Waals surface area contributed by atoms with Crippen LogP contribution in [0.25, 0.3) is 22.0 Å². The lowest BCUT2D eigenvalue weighted by molar-refractivity contribution is -0.132. The van der Waals surface area contributed by atoms with E-state index in [2.05, 4.69) is 26.8 Å². The first kappa shape index (κ1) is 32.5. The van der Waals surface area contributed by atoms with Crippen molar-refractivity contribution in [3.63, 3.8) is 0 Å². The van der Waals surface area contributed by atoms with Crippen molar-refractivity contribution in [2.24, 2.45) is 5.73 Å². The van der Waals surface area contributed by atoms with E-state index >= 15 is 4.39 Å². The normalized spacial score (nSPS) is 16.6. The highest BCUT2D eigenvalue weighted by atomic mass is 19.1. The molecular weight excluding hydrogens is 571 g/mol. The smallest absolute Gasteiger partial charge is 0.224 e. The third-order valence-electron chi connectivity index (χ3n) is 8.66. The van der Waals surface area contributed by atoms with Crippen molar-refractivity contribution in [2.45, 2.75) is 70.6 Å². The number of piperidine rings is 1. The molecule has 0 aliphatic carbocycles. The van der Waals surface area contributed by atoms with Gasteiger partial charge in [0.1, 0.15) is 5.82 Å². The summed E-state index contributed by atoms with van der Waals surface area (Å²) in [5.74, 6) is 0.457. The number of nitrogens with one attached hydrogen (secondary N) is 1. The molecule has 5 rings (SSSR count). The molecule has 3 atom stereocenters. The quantitative estimate of drug-likeness (QED) is 0.180. The van der Waals surface area contributed by atoms with Crippen LogP contribution in [0.4, 0.5) is 10.3 Å². The molecule has 1 aliphatic heterocycles. The molecule has 240 valence electrons. The molecule has 0 saturated carbocycles. The van der Waals surface area contributed by atoms with Crippen LogP contribution in [0.1, 0.15) is 55.3 Å². The fourth-order valence-electron chi connectivity index (χ4n) is 6.47. The zero-order valence-corrected chi connectivity index (χ0v) is 26.5. The number of rotatable bonds is 13. The molecule has 10 heteroatoms. The monoisotopic (exact) mass is 616 g/mol. The van der Waals surface area contributed by atoms with Crippen molar-refractivity contribution in [3.8, 4) is 11.1 Å². The maximum atomic E-state index is 15.1. The second-order valence-corrected chi connectivity index (χ2v) is 12.2. The average Bonchev–Trinajstić information content (AvgIpc) is 3.33. The predicted molar refractivity (Wildman–Crippen MR) is 176 cm³/mol. The molecule has 2 unspecified atom stereocenters. The highest BCUT2D eigenvalue weighted by Crippen LogP contribution is 2.37. The van der Waals surface area contributed by atoms with Crippen molar-refractivity contribution < 1.29 is 19.0 Å². The maximum Gasteiger partial charge on any atom is 0.224 e. The number of benzene rings is 2. The van der Waals surface area contributed by atoms with E-state index in [0.29, 0.717) is 50.7 Å². The number of aliphatic hydroxyl groups excluding tert-OH is 1. The fourth-order valence-corrected chi connectivity index (χ4v) is 6.47. The summed E-state index contributed by atoms with van der Waals surface area (Å²) in [6.07, 6.45) is 6.52. The minimum Gasteiger partial charge on any atom is -0.392 e. The summed E-state index contributed by atoms with van der Waals surface area (Å²) in [5, 5.41) is 13.3. The van der Waals surface area contributed by atoms with Gasteiger partial charge < -0.3 is 30.4 Å². The summed E-state index contributed by atoms with van der Waals surface area (Å²) in [4.78, 5) is 24.1. The number of nitrogens with zero attached hydrogens (tertiary/aromatic N) is 4. The highest BCUT2D eigenvalue weighted by molar-refractivity contribution is 5.86. The summed E-state index contributed by atoms with van der Waals surface area (Å²) in [7, 11) is 1.68. The predicted octanol–water partition coefficient (Wildman–Crippen LogP) is 5.04. The first-order valence-corrected chi connectivity index (χ1v) is 15.9. The number of aliphatic hydroxyl groups is 1. The van der Waals surface area contributed by atoms with Crippen molar-refractivity contribution in [1.82, 2.24) is 19.4 Å². The number of methoxy groups -OCH3 is 1. The van der Waals surface area contributed by atoms with Crippen LogP contribution in [0.2, 0.25) is 0 Å². The number of likely N-dealkylation sites (tertiary alicyclic amines) is 1. The molecule has 0 spiro atoms. The minimum absolute atomic E-state index is 0.0659. The van der Waals surface area contributed by atoms with Crippen LogP contribution >= 0.6 is 0 Å². The average molecular weight is 617 g/mol. The largest absolute Gasteiger partial charge is 0.392 e. The van der Waals surface area contributed by atoms with E-state index in [0.717, 1.165) is 52.6 Å². The minimum atomic E-state index is -0.481. The van der Waals surface area contributed by atoms with E-state index < -0.39 is 6.10 Å². The molecule has 1 fully saturated rings. The number of ether oxygens (including phenoxy) is 1. The number of amides is 1. The third-order valence-corrected chi connectivity index (χ3v) is 8.66. The number of carbonyl (C=O) groups excluding carboxylic acids is 1. The van der Waals surface area contributed by atoms with E-state index in [1.165, 1.54) is 6.07 Å². The Hall–Kier alpha value is -3.86. The molecule has 1 saturated heterocycles. The number of carbonyl (C=O) groups is 1. The van der Waals surface area contributed by atoms with Crippen molar-refractivity contribution in [1.29, 1.82) is 0 Å².